The summed E-state index contributed by atoms with van der Waals surface area (Å²) in [4.78, 5) is 27.1. The minimum Gasteiger partial charge on any atom is -0.494 e. The third-order valence-electron chi connectivity index (χ3n) is 6.22. The zero-order valence-corrected chi connectivity index (χ0v) is 20.1. The minimum absolute atomic E-state index is 0.0721. The van der Waals surface area contributed by atoms with Crippen molar-refractivity contribution < 1.29 is 24.2 Å². The molecule has 0 bridgehead atoms. The van der Waals surface area contributed by atoms with E-state index in [1.54, 1.807) is 6.07 Å². The van der Waals surface area contributed by atoms with E-state index >= 15 is 0 Å². The molecule has 178 valence electrons. The van der Waals surface area contributed by atoms with E-state index in [0.717, 1.165) is 44.3 Å². The van der Waals surface area contributed by atoms with Gasteiger partial charge in [0.1, 0.15) is 11.4 Å². The smallest absolute Gasteiger partial charge is 0.407 e. The lowest BCUT2D eigenvalue weighted by molar-refractivity contribution is -0.155. The van der Waals surface area contributed by atoms with E-state index in [-0.39, 0.29) is 11.5 Å². The Balaban J connectivity index is 1.54. The molecule has 7 nitrogen and oxygen atoms in total. The summed E-state index contributed by atoms with van der Waals surface area (Å²) in [7, 11) is 0. The van der Waals surface area contributed by atoms with Gasteiger partial charge >= 0.3 is 12.1 Å². The first-order chi connectivity index (χ1) is 15.1. The van der Waals surface area contributed by atoms with Gasteiger partial charge in [0, 0.05) is 36.6 Å². The fourth-order valence-corrected chi connectivity index (χ4v) is 4.98. The number of ether oxygens (including phenoxy) is 2. The lowest BCUT2D eigenvalue weighted by atomic mass is 9.85. The largest absolute Gasteiger partial charge is 0.494 e. The van der Waals surface area contributed by atoms with E-state index in [1.807, 2.05) is 32.9 Å². The number of carboxylic acid groups (broad SMARTS) is 1. The van der Waals surface area contributed by atoms with Crippen LogP contribution >= 0.6 is 11.6 Å². The maximum Gasteiger partial charge on any atom is 0.407 e. The highest BCUT2D eigenvalue weighted by molar-refractivity contribution is 6.30. The standard InChI is InChI=1S/C24H35ClN2O5/c1-23(2,3)32-21(28)6-4-13-31-20-15-18(14-19(25)16-20)17-27-10-5-7-24(27)8-11-26(12-9-24)22(29)30/h14-16H,4-13,17H2,1-3H3,(H,29,30). The molecule has 0 aliphatic carbocycles. The van der Waals surface area contributed by atoms with Gasteiger partial charge in [0.2, 0.25) is 0 Å². The summed E-state index contributed by atoms with van der Waals surface area (Å²) in [6.45, 7) is 8.94. The number of carbonyl (C=O) groups excluding carboxylic acids is 1. The second-order valence-corrected chi connectivity index (χ2v) is 10.3. The molecule has 3 rings (SSSR count). The highest BCUT2D eigenvalue weighted by atomic mass is 35.5. The van der Waals surface area contributed by atoms with Crippen LogP contribution in [0.15, 0.2) is 18.2 Å². The van der Waals surface area contributed by atoms with Crippen molar-refractivity contribution in [2.75, 3.05) is 26.2 Å². The van der Waals surface area contributed by atoms with Gasteiger partial charge in [0.25, 0.3) is 0 Å². The first kappa shape index (κ1) is 24.6. The molecule has 1 aromatic rings. The molecule has 1 N–H and O–H groups in total. The molecule has 1 amide bonds. The van der Waals surface area contributed by atoms with E-state index in [9.17, 15) is 14.7 Å². The topological polar surface area (TPSA) is 79.3 Å². The highest BCUT2D eigenvalue weighted by Gasteiger charge is 2.43. The highest BCUT2D eigenvalue weighted by Crippen LogP contribution is 2.39. The van der Waals surface area contributed by atoms with Crippen LogP contribution in [0.2, 0.25) is 5.02 Å². The van der Waals surface area contributed by atoms with Gasteiger partial charge < -0.3 is 19.5 Å². The Morgan fingerprint density at radius 1 is 1.12 bits per heavy atom. The van der Waals surface area contributed by atoms with Crippen LogP contribution in [0.3, 0.4) is 0 Å². The average Bonchev–Trinajstić information content (AvgIpc) is 3.05. The number of benzene rings is 1. The molecule has 32 heavy (non-hydrogen) atoms. The number of carbonyl (C=O) groups is 2. The van der Waals surface area contributed by atoms with Crippen molar-refractivity contribution >= 4 is 23.7 Å². The Kier molecular flexibility index (Phi) is 7.93. The zero-order chi connectivity index (χ0) is 23.4. The number of halogens is 1. The summed E-state index contributed by atoms with van der Waals surface area (Å²) >= 11 is 6.36. The van der Waals surface area contributed by atoms with Crippen molar-refractivity contribution in [1.82, 2.24) is 9.80 Å². The van der Waals surface area contributed by atoms with E-state index in [1.165, 1.54) is 4.90 Å². The van der Waals surface area contributed by atoms with Crippen LogP contribution in [0.4, 0.5) is 4.79 Å². The van der Waals surface area contributed by atoms with Gasteiger partial charge in [-0.1, -0.05) is 11.6 Å². The van der Waals surface area contributed by atoms with Crippen molar-refractivity contribution in [1.29, 1.82) is 0 Å². The second kappa shape index (κ2) is 10.3. The van der Waals surface area contributed by atoms with Gasteiger partial charge in [-0.25, -0.2) is 4.79 Å². The Morgan fingerprint density at radius 3 is 2.50 bits per heavy atom. The Morgan fingerprint density at radius 2 is 1.84 bits per heavy atom. The van der Waals surface area contributed by atoms with E-state index in [0.29, 0.717) is 43.3 Å². The molecular weight excluding hydrogens is 432 g/mol. The van der Waals surface area contributed by atoms with Crippen LogP contribution < -0.4 is 4.74 Å². The van der Waals surface area contributed by atoms with Crippen LogP contribution in [0.5, 0.6) is 5.75 Å². The summed E-state index contributed by atoms with van der Waals surface area (Å²) in [6.07, 6.45) is 4.03. The second-order valence-electron chi connectivity index (χ2n) is 9.85. The van der Waals surface area contributed by atoms with E-state index in [2.05, 4.69) is 4.90 Å². The van der Waals surface area contributed by atoms with E-state index < -0.39 is 11.7 Å². The Bertz CT molecular complexity index is 815. The molecule has 2 heterocycles. The molecule has 0 aromatic heterocycles. The van der Waals surface area contributed by atoms with Gasteiger partial charge in [-0.3, -0.25) is 9.69 Å². The van der Waals surface area contributed by atoms with Crippen LogP contribution in [0.1, 0.15) is 64.9 Å². The van der Waals surface area contributed by atoms with Gasteiger partial charge in [-0.15, -0.1) is 0 Å². The molecule has 2 saturated heterocycles. The third-order valence-corrected chi connectivity index (χ3v) is 6.44. The zero-order valence-electron chi connectivity index (χ0n) is 19.4. The normalized spacial score (nSPS) is 18.7. The van der Waals surface area contributed by atoms with Crippen molar-refractivity contribution in [3.63, 3.8) is 0 Å². The SMILES string of the molecule is CC(C)(C)OC(=O)CCCOc1cc(Cl)cc(CN2CCCC23CCN(C(=O)O)CC3)c1. The lowest BCUT2D eigenvalue weighted by Gasteiger charge is -2.44. The molecule has 0 atom stereocenters. The van der Waals surface area contributed by atoms with Crippen LogP contribution in [-0.2, 0) is 16.1 Å². The molecule has 0 radical (unpaired) electrons. The van der Waals surface area contributed by atoms with E-state index in [4.69, 9.17) is 21.1 Å². The molecule has 2 aliphatic heterocycles. The number of hydrogen-bond acceptors (Lipinski definition) is 5. The maximum atomic E-state index is 11.8. The number of likely N-dealkylation sites (tertiary alicyclic amines) is 2. The van der Waals surface area contributed by atoms with Crippen LogP contribution in [-0.4, -0.2) is 64.4 Å². The predicted molar refractivity (Wildman–Crippen MR) is 123 cm³/mol. The minimum atomic E-state index is -0.826. The van der Waals surface area contributed by atoms with Crippen LogP contribution in [0.25, 0.3) is 0 Å². The molecule has 0 unspecified atom stereocenters. The molecule has 8 heteroatoms. The van der Waals surface area contributed by atoms with Crippen molar-refractivity contribution in [3.05, 3.63) is 28.8 Å². The summed E-state index contributed by atoms with van der Waals surface area (Å²) in [5, 5.41) is 9.88. The summed E-state index contributed by atoms with van der Waals surface area (Å²) in [5.41, 5.74) is 0.682. The lowest BCUT2D eigenvalue weighted by Crippen LogP contribution is -2.52. The fraction of sp³-hybridized carbons (Fsp3) is 0.667. The molecule has 2 aliphatic rings. The molecule has 1 aromatic carbocycles. The number of amides is 1. The first-order valence-electron chi connectivity index (χ1n) is 11.4. The number of piperidine rings is 1. The van der Waals surface area contributed by atoms with Crippen molar-refractivity contribution in [3.8, 4) is 5.75 Å². The average molecular weight is 467 g/mol. The molecular formula is C24H35ClN2O5. The number of rotatable bonds is 7. The van der Waals surface area contributed by atoms with Gasteiger partial charge in [0.15, 0.2) is 0 Å². The molecule has 2 fully saturated rings. The Labute approximate surface area is 195 Å². The molecule has 1 spiro atoms. The summed E-state index contributed by atoms with van der Waals surface area (Å²) < 4.78 is 11.2. The third kappa shape index (κ3) is 6.75. The van der Waals surface area contributed by atoms with Crippen molar-refractivity contribution in [2.24, 2.45) is 0 Å². The fourth-order valence-electron chi connectivity index (χ4n) is 4.74. The first-order valence-corrected chi connectivity index (χ1v) is 11.8. The van der Waals surface area contributed by atoms with Gasteiger partial charge in [-0.05, 0) is 83.2 Å². The monoisotopic (exact) mass is 466 g/mol. The molecule has 0 saturated carbocycles. The Hall–Kier alpha value is -1.99. The summed E-state index contributed by atoms with van der Waals surface area (Å²) in [5.74, 6) is 0.479. The van der Waals surface area contributed by atoms with Gasteiger partial charge in [-0.2, -0.15) is 0 Å². The number of hydrogen-bond donors (Lipinski definition) is 1. The number of esters is 1. The summed E-state index contributed by atoms with van der Waals surface area (Å²) in [6, 6.07) is 5.77. The predicted octanol–water partition coefficient (Wildman–Crippen LogP) is 4.95. The van der Waals surface area contributed by atoms with Crippen LogP contribution in [0, 0.1) is 0 Å². The number of nitrogens with zero attached hydrogens (tertiary/aromatic N) is 2. The van der Waals surface area contributed by atoms with Gasteiger partial charge in [0.05, 0.1) is 6.61 Å². The van der Waals surface area contributed by atoms with Crippen molar-refractivity contribution in [2.45, 2.75) is 77.0 Å². The quantitative estimate of drug-likeness (QED) is 0.452. The maximum absolute atomic E-state index is 11.8.